The monoisotopic (exact) mass is 308 g/mol. The molecular weight excluding hydrogens is 296 g/mol. The molecule has 18 heavy (non-hydrogen) atoms. The highest BCUT2D eigenvalue weighted by Crippen LogP contribution is 2.31. The first-order valence-electron chi connectivity index (χ1n) is 5.47. The Morgan fingerprint density at radius 1 is 1.28 bits per heavy atom. The van der Waals surface area contributed by atoms with Gasteiger partial charge in [-0.3, -0.25) is 0 Å². The highest BCUT2D eigenvalue weighted by molar-refractivity contribution is 9.10. The minimum Gasteiger partial charge on any atom is -0.508 e. The second-order valence-corrected chi connectivity index (χ2v) is 4.70. The Morgan fingerprint density at radius 2 is 2.06 bits per heavy atom. The summed E-state index contributed by atoms with van der Waals surface area (Å²) in [6, 6.07) is 8.18. The van der Waals surface area contributed by atoms with Crippen molar-refractivity contribution in [2.45, 2.75) is 13.0 Å². The van der Waals surface area contributed by atoms with Crippen molar-refractivity contribution in [1.82, 2.24) is 4.98 Å². The average molecular weight is 309 g/mol. The Morgan fingerprint density at radius 3 is 2.72 bits per heavy atom. The van der Waals surface area contributed by atoms with E-state index in [9.17, 15) is 10.2 Å². The largest absolute Gasteiger partial charge is 0.508 e. The predicted octanol–water partition coefficient (Wildman–Crippen LogP) is 3.43. The maximum Gasteiger partial charge on any atom is 0.129 e. The first-order chi connectivity index (χ1) is 8.58. The van der Waals surface area contributed by atoms with Gasteiger partial charge < -0.3 is 15.5 Å². The van der Waals surface area contributed by atoms with Crippen molar-refractivity contribution in [3.63, 3.8) is 0 Å². The van der Waals surface area contributed by atoms with Gasteiger partial charge in [-0.15, -0.1) is 0 Å². The molecule has 0 amide bonds. The van der Waals surface area contributed by atoms with Crippen molar-refractivity contribution in [2.24, 2.45) is 0 Å². The summed E-state index contributed by atoms with van der Waals surface area (Å²) in [6.45, 7) is 1.92. The van der Waals surface area contributed by atoms with Gasteiger partial charge in [-0.25, -0.2) is 4.98 Å². The van der Waals surface area contributed by atoms with Crippen LogP contribution < -0.4 is 5.32 Å². The summed E-state index contributed by atoms with van der Waals surface area (Å²) in [5.74, 6) is 0.112. The molecule has 1 heterocycles. The predicted molar refractivity (Wildman–Crippen MR) is 73.7 cm³/mol. The third kappa shape index (κ3) is 2.73. The van der Waals surface area contributed by atoms with Crippen molar-refractivity contribution < 1.29 is 10.2 Å². The molecule has 0 aliphatic carbocycles. The molecule has 0 fully saturated rings. The fourth-order valence-electron chi connectivity index (χ4n) is 1.70. The lowest BCUT2D eigenvalue weighted by Gasteiger charge is -2.17. The number of aromatic nitrogens is 1. The van der Waals surface area contributed by atoms with E-state index in [1.807, 2.05) is 19.1 Å². The number of aromatic hydroxyl groups is 2. The van der Waals surface area contributed by atoms with Crippen LogP contribution in [0, 0.1) is 0 Å². The molecule has 1 atom stereocenters. The van der Waals surface area contributed by atoms with E-state index in [4.69, 9.17) is 0 Å². The number of anilines is 1. The molecule has 1 aromatic heterocycles. The SMILES string of the molecule is CC(Nc1cccnc1Br)c1ccc(O)cc1O. The molecule has 0 saturated carbocycles. The number of phenolic OH excluding ortho intramolecular Hbond substituents is 2. The van der Waals surface area contributed by atoms with E-state index in [-0.39, 0.29) is 17.5 Å². The van der Waals surface area contributed by atoms with Crippen LogP contribution in [0.15, 0.2) is 41.1 Å². The smallest absolute Gasteiger partial charge is 0.129 e. The summed E-state index contributed by atoms with van der Waals surface area (Å²) < 4.78 is 0.718. The minimum absolute atomic E-state index is 0.0472. The van der Waals surface area contributed by atoms with Crippen LogP contribution in [0.3, 0.4) is 0 Å². The van der Waals surface area contributed by atoms with Gasteiger partial charge >= 0.3 is 0 Å². The summed E-state index contributed by atoms with van der Waals surface area (Å²) in [6.07, 6.45) is 1.69. The topological polar surface area (TPSA) is 65.4 Å². The number of nitrogens with one attached hydrogen (secondary N) is 1. The number of phenols is 2. The molecule has 1 unspecified atom stereocenters. The number of nitrogens with zero attached hydrogens (tertiary/aromatic N) is 1. The molecule has 0 spiro atoms. The van der Waals surface area contributed by atoms with Gasteiger partial charge in [0.05, 0.1) is 11.7 Å². The zero-order valence-corrected chi connectivity index (χ0v) is 11.3. The molecule has 2 rings (SSSR count). The van der Waals surface area contributed by atoms with Gasteiger partial charge in [0, 0.05) is 17.8 Å². The number of halogens is 1. The quantitative estimate of drug-likeness (QED) is 0.760. The summed E-state index contributed by atoms with van der Waals surface area (Å²) >= 11 is 3.35. The van der Waals surface area contributed by atoms with Crippen molar-refractivity contribution in [3.8, 4) is 11.5 Å². The van der Waals surface area contributed by atoms with Gasteiger partial charge in [-0.2, -0.15) is 0 Å². The number of rotatable bonds is 3. The van der Waals surface area contributed by atoms with E-state index in [1.54, 1.807) is 18.3 Å². The molecule has 1 aromatic carbocycles. The van der Waals surface area contributed by atoms with Gasteiger partial charge in [0.25, 0.3) is 0 Å². The molecule has 5 heteroatoms. The first kappa shape index (κ1) is 12.7. The Bertz CT molecular complexity index is 560. The maximum atomic E-state index is 9.78. The van der Waals surface area contributed by atoms with E-state index < -0.39 is 0 Å². The minimum atomic E-state index is -0.105. The molecule has 2 aromatic rings. The molecule has 0 saturated heterocycles. The van der Waals surface area contributed by atoms with Gasteiger partial charge in [0.2, 0.25) is 0 Å². The van der Waals surface area contributed by atoms with E-state index in [0.29, 0.717) is 5.56 Å². The van der Waals surface area contributed by atoms with Crippen LogP contribution in [0.2, 0.25) is 0 Å². The van der Waals surface area contributed by atoms with Crippen molar-refractivity contribution >= 4 is 21.6 Å². The van der Waals surface area contributed by atoms with Gasteiger partial charge in [0.15, 0.2) is 0 Å². The van der Waals surface area contributed by atoms with E-state index >= 15 is 0 Å². The molecule has 4 nitrogen and oxygen atoms in total. The van der Waals surface area contributed by atoms with Crippen molar-refractivity contribution in [1.29, 1.82) is 0 Å². The second-order valence-electron chi connectivity index (χ2n) is 3.95. The van der Waals surface area contributed by atoms with Gasteiger partial charge in [0.1, 0.15) is 16.1 Å². The van der Waals surface area contributed by atoms with Gasteiger partial charge in [-0.05, 0) is 47.1 Å². The number of pyridine rings is 1. The second kappa shape index (κ2) is 5.27. The lowest BCUT2D eigenvalue weighted by Crippen LogP contribution is -2.07. The maximum absolute atomic E-state index is 9.78. The molecule has 0 aliphatic heterocycles. The zero-order valence-electron chi connectivity index (χ0n) is 9.76. The van der Waals surface area contributed by atoms with E-state index in [0.717, 1.165) is 10.3 Å². The van der Waals surface area contributed by atoms with Crippen LogP contribution in [0.5, 0.6) is 11.5 Å². The molecule has 3 N–H and O–H groups in total. The lowest BCUT2D eigenvalue weighted by molar-refractivity contribution is 0.444. The summed E-state index contributed by atoms with van der Waals surface area (Å²) in [7, 11) is 0. The van der Waals surface area contributed by atoms with Crippen LogP contribution in [0.4, 0.5) is 5.69 Å². The van der Waals surface area contributed by atoms with Gasteiger partial charge in [-0.1, -0.05) is 0 Å². The van der Waals surface area contributed by atoms with Crippen LogP contribution in [-0.2, 0) is 0 Å². The third-order valence-corrected chi connectivity index (χ3v) is 3.24. The Kier molecular flexibility index (Phi) is 3.72. The zero-order chi connectivity index (χ0) is 13.1. The third-order valence-electron chi connectivity index (χ3n) is 2.61. The molecule has 94 valence electrons. The Hall–Kier alpha value is -1.75. The fraction of sp³-hybridized carbons (Fsp3) is 0.154. The summed E-state index contributed by atoms with van der Waals surface area (Å²) in [5.41, 5.74) is 1.56. The van der Waals surface area contributed by atoms with Crippen molar-refractivity contribution in [2.75, 3.05) is 5.32 Å². The first-order valence-corrected chi connectivity index (χ1v) is 6.26. The molecule has 0 aliphatic rings. The van der Waals surface area contributed by atoms with Crippen LogP contribution in [0.25, 0.3) is 0 Å². The van der Waals surface area contributed by atoms with E-state index in [1.165, 1.54) is 6.07 Å². The lowest BCUT2D eigenvalue weighted by atomic mass is 10.1. The molecule has 0 bridgehead atoms. The van der Waals surface area contributed by atoms with Crippen LogP contribution in [-0.4, -0.2) is 15.2 Å². The Balaban J connectivity index is 2.22. The average Bonchev–Trinajstić information content (AvgIpc) is 2.32. The van der Waals surface area contributed by atoms with E-state index in [2.05, 4.69) is 26.2 Å². The van der Waals surface area contributed by atoms with Crippen LogP contribution in [0.1, 0.15) is 18.5 Å². The normalized spacial score (nSPS) is 12.1. The molecule has 0 radical (unpaired) electrons. The summed E-state index contributed by atoms with van der Waals surface area (Å²) in [5, 5.41) is 22.3. The highest BCUT2D eigenvalue weighted by Gasteiger charge is 2.12. The molecular formula is C13H13BrN2O2. The number of hydrogen-bond donors (Lipinski definition) is 3. The fourth-order valence-corrected chi connectivity index (χ4v) is 2.07. The van der Waals surface area contributed by atoms with Crippen LogP contribution >= 0.6 is 15.9 Å². The highest BCUT2D eigenvalue weighted by atomic mass is 79.9. The number of hydrogen-bond acceptors (Lipinski definition) is 4. The standard InChI is InChI=1S/C13H13BrN2O2/c1-8(10-5-4-9(17)7-12(10)18)16-11-3-2-6-15-13(11)14/h2-8,16-18H,1H3. The number of benzene rings is 1. The summed E-state index contributed by atoms with van der Waals surface area (Å²) in [4.78, 5) is 4.11. The Labute approximate surface area is 113 Å². The van der Waals surface area contributed by atoms with Crippen molar-refractivity contribution in [3.05, 3.63) is 46.7 Å².